The van der Waals surface area contributed by atoms with Crippen LogP contribution in [0.4, 0.5) is 11.4 Å². The number of nitro benzene ring substituents is 1. The summed E-state index contributed by atoms with van der Waals surface area (Å²) in [5.41, 5.74) is 2.12. The molecule has 1 saturated carbocycles. The standard InChI is InChI=1S/C21H24N2O5S/c1-14-6-7-16(3)19(12-14)29(27,28)21(10-4-5-11-21)20(24)22-18-13-17(23(25)26)9-8-15(18)2/h6-9,12-13H,4-5,10-11H2,1-3H3,(H,22,24). The Morgan fingerprint density at radius 1 is 1.03 bits per heavy atom. The van der Waals surface area contributed by atoms with Gasteiger partial charge in [-0.1, -0.05) is 31.0 Å². The van der Waals surface area contributed by atoms with Crippen molar-refractivity contribution in [3.8, 4) is 0 Å². The molecule has 0 aromatic heterocycles. The van der Waals surface area contributed by atoms with Crippen LogP contribution in [0.25, 0.3) is 0 Å². The summed E-state index contributed by atoms with van der Waals surface area (Å²) in [5.74, 6) is -0.625. The van der Waals surface area contributed by atoms with Crippen LogP contribution in [-0.2, 0) is 14.6 Å². The van der Waals surface area contributed by atoms with Crippen molar-refractivity contribution in [1.29, 1.82) is 0 Å². The Bertz CT molecular complexity index is 1090. The SMILES string of the molecule is Cc1ccc(C)c(S(=O)(=O)C2(C(=O)Nc3cc([N+](=O)[O-])ccc3C)CCCC2)c1. The Morgan fingerprint density at radius 3 is 2.28 bits per heavy atom. The molecule has 0 bridgehead atoms. The van der Waals surface area contributed by atoms with Gasteiger partial charge in [0.25, 0.3) is 5.69 Å². The van der Waals surface area contributed by atoms with Gasteiger partial charge in [-0.15, -0.1) is 0 Å². The number of nitrogens with one attached hydrogen (secondary N) is 1. The minimum atomic E-state index is -3.96. The number of anilines is 1. The van der Waals surface area contributed by atoms with Gasteiger partial charge in [-0.3, -0.25) is 14.9 Å². The highest BCUT2D eigenvalue weighted by Gasteiger charge is 2.53. The zero-order chi connectivity index (χ0) is 21.4. The van der Waals surface area contributed by atoms with E-state index < -0.39 is 25.4 Å². The number of amides is 1. The molecule has 1 N–H and O–H groups in total. The molecule has 2 aromatic rings. The summed E-state index contributed by atoms with van der Waals surface area (Å²) in [4.78, 5) is 24.0. The second kappa shape index (κ2) is 7.59. The highest BCUT2D eigenvalue weighted by atomic mass is 32.2. The second-order valence-corrected chi connectivity index (χ2v) is 9.91. The number of rotatable bonds is 5. The van der Waals surface area contributed by atoms with E-state index in [-0.39, 0.29) is 29.1 Å². The van der Waals surface area contributed by atoms with E-state index in [0.29, 0.717) is 24.0 Å². The van der Waals surface area contributed by atoms with Crippen LogP contribution in [0.5, 0.6) is 0 Å². The van der Waals surface area contributed by atoms with Crippen molar-refractivity contribution in [2.45, 2.75) is 56.1 Å². The highest BCUT2D eigenvalue weighted by Crippen LogP contribution is 2.42. The van der Waals surface area contributed by atoms with E-state index in [0.717, 1.165) is 5.56 Å². The lowest BCUT2D eigenvalue weighted by Gasteiger charge is -2.28. The van der Waals surface area contributed by atoms with Crippen LogP contribution in [0, 0.1) is 30.9 Å². The number of aryl methyl sites for hydroxylation is 3. The Labute approximate surface area is 170 Å². The Morgan fingerprint density at radius 2 is 1.66 bits per heavy atom. The van der Waals surface area contributed by atoms with Gasteiger partial charge in [-0.25, -0.2) is 8.42 Å². The van der Waals surface area contributed by atoms with Crippen molar-refractivity contribution in [1.82, 2.24) is 0 Å². The van der Waals surface area contributed by atoms with Gasteiger partial charge in [-0.2, -0.15) is 0 Å². The second-order valence-electron chi connectivity index (χ2n) is 7.68. The van der Waals surface area contributed by atoms with E-state index in [1.807, 2.05) is 13.0 Å². The van der Waals surface area contributed by atoms with Crippen LogP contribution in [0.15, 0.2) is 41.3 Å². The van der Waals surface area contributed by atoms with Crippen molar-refractivity contribution >= 4 is 27.1 Å². The number of non-ortho nitro benzene ring substituents is 1. The molecular formula is C21H24N2O5S. The lowest BCUT2D eigenvalue weighted by atomic mass is 10.1. The van der Waals surface area contributed by atoms with Crippen LogP contribution in [-0.4, -0.2) is 24.0 Å². The summed E-state index contributed by atoms with van der Waals surface area (Å²) >= 11 is 0. The van der Waals surface area contributed by atoms with E-state index in [1.54, 1.807) is 26.0 Å². The Balaban J connectivity index is 2.06. The maximum atomic E-state index is 13.7. The van der Waals surface area contributed by atoms with Gasteiger partial charge < -0.3 is 5.32 Å². The van der Waals surface area contributed by atoms with Gasteiger partial charge in [-0.05, 0) is 56.4 Å². The highest BCUT2D eigenvalue weighted by molar-refractivity contribution is 7.93. The first-order chi connectivity index (χ1) is 13.6. The number of carbonyl (C=O) groups excluding carboxylic acids is 1. The van der Waals surface area contributed by atoms with Crippen LogP contribution in [0.2, 0.25) is 0 Å². The van der Waals surface area contributed by atoms with Crippen molar-refractivity contribution in [2.75, 3.05) is 5.32 Å². The first-order valence-corrected chi connectivity index (χ1v) is 11.0. The fourth-order valence-electron chi connectivity index (χ4n) is 3.87. The molecule has 1 aliphatic rings. The third kappa shape index (κ3) is 3.64. The zero-order valence-electron chi connectivity index (χ0n) is 16.7. The number of hydrogen-bond acceptors (Lipinski definition) is 5. The molecule has 8 heteroatoms. The number of carbonyl (C=O) groups is 1. The van der Waals surface area contributed by atoms with Crippen molar-refractivity contribution in [2.24, 2.45) is 0 Å². The maximum absolute atomic E-state index is 13.7. The fourth-order valence-corrected chi connectivity index (χ4v) is 6.24. The molecule has 0 saturated heterocycles. The number of nitro groups is 1. The molecule has 1 amide bonds. The van der Waals surface area contributed by atoms with E-state index in [4.69, 9.17) is 0 Å². The van der Waals surface area contributed by atoms with Gasteiger partial charge in [0.1, 0.15) is 0 Å². The molecule has 29 heavy (non-hydrogen) atoms. The molecule has 0 aliphatic heterocycles. The number of benzene rings is 2. The summed E-state index contributed by atoms with van der Waals surface area (Å²) < 4.78 is 25.7. The average Bonchev–Trinajstić information content (AvgIpc) is 3.17. The maximum Gasteiger partial charge on any atom is 0.271 e. The molecule has 0 heterocycles. The molecule has 2 aromatic carbocycles. The molecule has 1 fully saturated rings. The van der Waals surface area contributed by atoms with E-state index in [1.165, 1.54) is 18.2 Å². The Hall–Kier alpha value is -2.74. The quantitative estimate of drug-likeness (QED) is 0.579. The molecule has 0 radical (unpaired) electrons. The summed E-state index contributed by atoms with van der Waals surface area (Å²) in [6.07, 6.45) is 1.71. The van der Waals surface area contributed by atoms with Crippen LogP contribution < -0.4 is 5.32 Å². The number of sulfone groups is 1. The topological polar surface area (TPSA) is 106 Å². The first-order valence-electron chi connectivity index (χ1n) is 9.47. The van der Waals surface area contributed by atoms with Gasteiger partial charge in [0, 0.05) is 12.1 Å². The Kier molecular flexibility index (Phi) is 5.49. The summed E-state index contributed by atoms with van der Waals surface area (Å²) in [5, 5.41) is 13.8. The lowest BCUT2D eigenvalue weighted by Crippen LogP contribution is -2.47. The lowest BCUT2D eigenvalue weighted by molar-refractivity contribution is -0.384. The third-order valence-corrected chi connectivity index (χ3v) is 8.29. The number of hydrogen-bond donors (Lipinski definition) is 1. The van der Waals surface area contributed by atoms with Crippen molar-refractivity contribution in [3.63, 3.8) is 0 Å². The van der Waals surface area contributed by atoms with Crippen LogP contribution in [0.3, 0.4) is 0 Å². The summed E-state index contributed by atoms with van der Waals surface area (Å²) in [6.45, 7) is 5.24. The van der Waals surface area contributed by atoms with E-state index in [9.17, 15) is 23.3 Å². The average molecular weight is 416 g/mol. The van der Waals surface area contributed by atoms with Gasteiger partial charge in [0.05, 0.1) is 15.5 Å². The fraction of sp³-hybridized carbons (Fsp3) is 0.381. The summed E-state index contributed by atoms with van der Waals surface area (Å²) in [6, 6.07) is 9.34. The molecule has 3 rings (SSSR count). The van der Waals surface area contributed by atoms with Crippen molar-refractivity contribution < 1.29 is 18.1 Å². The van der Waals surface area contributed by atoms with Crippen LogP contribution >= 0.6 is 0 Å². The first kappa shape index (κ1) is 21.0. The van der Waals surface area contributed by atoms with E-state index in [2.05, 4.69) is 5.32 Å². The molecular weight excluding hydrogens is 392 g/mol. The molecule has 1 aliphatic carbocycles. The molecule has 0 atom stereocenters. The van der Waals surface area contributed by atoms with Crippen LogP contribution in [0.1, 0.15) is 42.4 Å². The molecule has 154 valence electrons. The van der Waals surface area contributed by atoms with Crippen molar-refractivity contribution in [3.05, 3.63) is 63.2 Å². The largest absolute Gasteiger partial charge is 0.324 e. The van der Waals surface area contributed by atoms with Gasteiger partial charge in [0.2, 0.25) is 5.91 Å². The summed E-state index contributed by atoms with van der Waals surface area (Å²) in [7, 11) is -3.96. The molecule has 0 unspecified atom stereocenters. The van der Waals surface area contributed by atoms with E-state index >= 15 is 0 Å². The predicted molar refractivity (Wildman–Crippen MR) is 111 cm³/mol. The zero-order valence-corrected chi connectivity index (χ0v) is 17.5. The molecule has 7 nitrogen and oxygen atoms in total. The molecule has 0 spiro atoms. The minimum absolute atomic E-state index is 0.163. The normalized spacial score (nSPS) is 15.8. The van der Waals surface area contributed by atoms with Gasteiger partial charge >= 0.3 is 0 Å². The van der Waals surface area contributed by atoms with Gasteiger partial charge in [0.15, 0.2) is 14.6 Å². The predicted octanol–water partition coefficient (Wildman–Crippen LogP) is 4.25. The minimum Gasteiger partial charge on any atom is -0.324 e. The smallest absolute Gasteiger partial charge is 0.271 e. The monoisotopic (exact) mass is 416 g/mol. The third-order valence-electron chi connectivity index (χ3n) is 5.65. The number of nitrogens with zero attached hydrogens (tertiary/aromatic N) is 1.